The van der Waals surface area contributed by atoms with Crippen LogP contribution in [-0.4, -0.2) is 22.3 Å². The van der Waals surface area contributed by atoms with Crippen LogP contribution in [0, 0.1) is 0 Å². The Hall–Kier alpha value is -2.93. The normalized spacial score (nSPS) is 10.4. The number of carbonyl (C=O) groups is 1. The zero-order chi connectivity index (χ0) is 19.2. The van der Waals surface area contributed by atoms with Crippen LogP contribution in [0.5, 0.6) is 5.75 Å². The maximum atomic E-state index is 12.4. The lowest BCUT2D eigenvalue weighted by molar-refractivity contribution is -0.117. The van der Waals surface area contributed by atoms with Gasteiger partial charge in [0.05, 0.1) is 18.0 Å². The maximum absolute atomic E-state index is 12.4. The number of carbonyl (C=O) groups excluding carboxylic acids is 1. The number of para-hydroxylation sites is 2. The molecule has 0 atom stereocenters. The Kier molecular flexibility index (Phi) is 6.03. The summed E-state index contributed by atoms with van der Waals surface area (Å²) >= 11 is 3.39. The van der Waals surface area contributed by atoms with E-state index in [1.54, 1.807) is 24.3 Å². The van der Waals surface area contributed by atoms with E-state index in [2.05, 4.69) is 26.3 Å². The molecule has 7 heteroatoms. The van der Waals surface area contributed by atoms with Gasteiger partial charge in [0.1, 0.15) is 12.3 Å². The van der Waals surface area contributed by atoms with Crippen molar-refractivity contribution in [2.45, 2.75) is 13.5 Å². The monoisotopic (exact) mass is 427 g/mol. The third-order valence-corrected chi connectivity index (χ3v) is 4.29. The fraction of sp³-hybridized carbons (Fsp3) is 0.150. The van der Waals surface area contributed by atoms with Gasteiger partial charge in [0.2, 0.25) is 5.91 Å². The van der Waals surface area contributed by atoms with Gasteiger partial charge in [-0.1, -0.05) is 40.2 Å². The largest absolute Gasteiger partial charge is 0.492 e. The molecular formula is C20H18BrN3O3. The zero-order valence-corrected chi connectivity index (χ0v) is 16.3. The van der Waals surface area contributed by atoms with Crippen LogP contribution in [0.2, 0.25) is 0 Å². The molecule has 1 aromatic heterocycles. The molecule has 1 heterocycles. The fourth-order valence-electron chi connectivity index (χ4n) is 2.51. The lowest BCUT2D eigenvalue weighted by Gasteiger charge is -2.12. The van der Waals surface area contributed by atoms with Crippen molar-refractivity contribution in [2.24, 2.45) is 0 Å². The van der Waals surface area contributed by atoms with Crippen LogP contribution >= 0.6 is 15.9 Å². The number of halogens is 1. The Morgan fingerprint density at radius 1 is 1.11 bits per heavy atom. The summed E-state index contributed by atoms with van der Waals surface area (Å²) in [5, 5.41) is 7.08. The number of nitrogens with zero attached hydrogens (tertiary/aromatic N) is 2. The van der Waals surface area contributed by atoms with Crippen molar-refractivity contribution in [2.75, 3.05) is 11.9 Å². The second-order valence-corrected chi connectivity index (χ2v) is 6.61. The minimum atomic E-state index is -0.357. The van der Waals surface area contributed by atoms with Crippen LogP contribution < -0.4 is 15.6 Å². The molecule has 1 N–H and O–H groups in total. The molecule has 138 valence electrons. The van der Waals surface area contributed by atoms with E-state index in [1.807, 2.05) is 37.3 Å². The number of hydrogen-bond acceptors (Lipinski definition) is 4. The Morgan fingerprint density at radius 3 is 2.59 bits per heavy atom. The van der Waals surface area contributed by atoms with Gasteiger partial charge < -0.3 is 10.1 Å². The topological polar surface area (TPSA) is 73.2 Å². The number of hydrogen-bond donors (Lipinski definition) is 1. The van der Waals surface area contributed by atoms with Gasteiger partial charge >= 0.3 is 0 Å². The van der Waals surface area contributed by atoms with Gasteiger partial charge in [-0.15, -0.1) is 0 Å². The highest BCUT2D eigenvalue weighted by atomic mass is 79.9. The molecule has 0 fully saturated rings. The number of ether oxygens (including phenoxy) is 1. The number of anilines is 1. The molecule has 2 aromatic carbocycles. The van der Waals surface area contributed by atoms with Crippen molar-refractivity contribution in [3.63, 3.8) is 0 Å². The summed E-state index contributed by atoms with van der Waals surface area (Å²) in [6.45, 7) is 2.17. The fourth-order valence-corrected chi connectivity index (χ4v) is 2.78. The molecule has 0 saturated heterocycles. The van der Waals surface area contributed by atoms with Crippen molar-refractivity contribution in [3.05, 3.63) is 75.5 Å². The summed E-state index contributed by atoms with van der Waals surface area (Å²) in [4.78, 5) is 24.5. The first-order chi connectivity index (χ1) is 13.1. The minimum Gasteiger partial charge on any atom is -0.492 e. The lowest BCUT2D eigenvalue weighted by Crippen LogP contribution is -2.29. The van der Waals surface area contributed by atoms with Crippen molar-refractivity contribution in [1.82, 2.24) is 9.78 Å². The third-order valence-electron chi connectivity index (χ3n) is 3.76. The number of aromatic nitrogens is 2. The number of benzene rings is 2. The average Bonchev–Trinajstić information content (AvgIpc) is 2.66. The summed E-state index contributed by atoms with van der Waals surface area (Å²) in [5.41, 5.74) is 1.68. The second kappa shape index (κ2) is 8.64. The Balaban J connectivity index is 1.79. The smallest absolute Gasteiger partial charge is 0.267 e. The minimum absolute atomic E-state index is 0.191. The molecule has 0 aliphatic heterocycles. The van der Waals surface area contributed by atoms with Crippen LogP contribution in [0.15, 0.2) is 69.9 Å². The first-order valence-electron chi connectivity index (χ1n) is 8.42. The molecule has 0 bridgehead atoms. The molecule has 0 saturated carbocycles. The molecule has 0 unspecified atom stereocenters. The predicted octanol–water partition coefficient (Wildman–Crippen LogP) is 3.71. The van der Waals surface area contributed by atoms with Gasteiger partial charge in [0.25, 0.3) is 5.56 Å². The Bertz CT molecular complexity index is 1000. The van der Waals surface area contributed by atoms with E-state index in [4.69, 9.17) is 4.74 Å². The third kappa shape index (κ3) is 4.83. The van der Waals surface area contributed by atoms with E-state index < -0.39 is 0 Å². The molecule has 0 aliphatic carbocycles. The van der Waals surface area contributed by atoms with Gasteiger partial charge in [-0.25, -0.2) is 4.68 Å². The summed E-state index contributed by atoms with van der Waals surface area (Å²) in [6.07, 6.45) is 0. The molecule has 3 rings (SSSR count). The van der Waals surface area contributed by atoms with Crippen molar-refractivity contribution < 1.29 is 9.53 Å². The highest BCUT2D eigenvalue weighted by Gasteiger charge is 2.11. The number of rotatable bonds is 6. The van der Waals surface area contributed by atoms with Crippen LogP contribution in [0.3, 0.4) is 0 Å². The second-order valence-electron chi connectivity index (χ2n) is 5.70. The molecular weight excluding hydrogens is 410 g/mol. The van der Waals surface area contributed by atoms with E-state index in [1.165, 1.54) is 6.07 Å². The molecule has 0 radical (unpaired) electrons. The van der Waals surface area contributed by atoms with Crippen LogP contribution in [0.25, 0.3) is 11.3 Å². The van der Waals surface area contributed by atoms with Gasteiger partial charge in [-0.3, -0.25) is 9.59 Å². The Labute approximate surface area is 164 Å². The molecule has 3 aromatic rings. The molecule has 1 amide bonds. The average molecular weight is 428 g/mol. The van der Waals surface area contributed by atoms with Crippen LogP contribution in [0.4, 0.5) is 5.69 Å². The first kappa shape index (κ1) is 18.8. The predicted molar refractivity (Wildman–Crippen MR) is 108 cm³/mol. The summed E-state index contributed by atoms with van der Waals surface area (Å²) in [5.74, 6) is 0.224. The van der Waals surface area contributed by atoms with E-state index in [-0.39, 0.29) is 18.0 Å². The van der Waals surface area contributed by atoms with Gasteiger partial charge in [-0.05, 0) is 37.3 Å². The quantitative estimate of drug-likeness (QED) is 0.650. The van der Waals surface area contributed by atoms with E-state index in [0.717, 1.165) is 14.7 Å². The van der Waals surface area contributed by atoms with Gasteiger partial charge in [0, 0.05) is 16.1 Å². The summed E-state index contributed by atoms with van der Waals surface area (Å²) in [7, 11) is 0. The van der Waals surface area contributed by atoms with Gasteiger partial charge in [0.15, 0.2) is 0 Å². The van der Waals surface area contributed by atoms with E-state index >= 15 is 0 Å². The maximum Gasteiger partial charge on any atom is 0.267 e. The zero-order valence-electron chi connectivity index (χ0n) is 14.7. The highest BCUT2D eigenvalue weighted by Crippen LogP contribution is 2.23. The SMILES string of the molecule is CCOc1ccccc1NC(=O)Cn1nc(-c2ccc(Br)cc2)ccc1=O. The lowest BCUT2D eigenvalue weighted by atomic mass is 10.1. The van der Waals surface area contributed by atoms with Crippen molar-refractivity contribution >= 4 is 27.5 Å². The summed E-state index contributed by atoms with van der Waals surface area (Å²) in [6, 6.07) is 17.8. The highest BCUT2D eigenvalue weighted by molar-refractivity contribution is 9.10. The van der Waals surface area contributed by atoms with Gasteiger partial charge in [-0.2, -0.15) is 5.10 Å². The van der Waals surface area contributed by atoms with Crippen LogP contribution in [0.1, 0.15) is 6.92 Å². The number of nitrogens with one attached hydrogen (secondary N) is 1. The molecule has 27 heavy (non-hydrogen) atoms. The standard InChI is InChI=1S/C20H18BrN3O3/c1-2-27-18-6-4-3-5-17(18)22-19(25)13-24-20(26)12-11-16(23-24)14-7-9-15(21)10-8-14/h3-12H,2,13H2,1H3,(H,22,25). The Morgan fingerprint density at radius 2 is 1.85 bits per heavy atom. The van der Waals surface area contributed by atoms with Crippen LogP contribution in [-0.2, 0) is 11.3 Å². The first-order valence-corrected chi connectivity index (χ1v) is 9.22. The molecule has 6 nitrogen and oxygen atoms in total. The van der Waals surface area contributed by atoms with Crippen molar-refractivity contribution in [1.29, 1.82) is 0 Å². The molecule has 0 spiro atoms. The number of amides is 1. The molecule has 0 aliphatic rings. The van der Waals surface area contributed by atoms with Crippen molar-refractivity contribution in [3.8, 4) is 17.0 Å². The van der Waals surface area contributed by atoms with E-state index in [0.29, 0.717) is 23.7 Å². The summed E-state index contributed by atoms with van der Waals surface area (Å²) < 4.78 is 7.60. The van der Waals surface area contributed by atoms with E-state index in [9.17, 15) is 9.59 Å².